The molecule has 5 nitrogen and oxygen atoms in total. The van der Waals surface area contributed by atoms with Gasteiger partial charge in [0, 0.05) is 17.8 Å². The maximum Gasteiger partial charge on any atom is 0.251 e. The van der Waals surface area contributed by atoms with E-state index in [4.69, 9.17) is 0 Å². The maximum atomic E-state index is 11.6. The minimum Gasteiger partial charge on any atom is -0.349 e. The number of benzene rings is 1. The zero-order valence-electron chi connectivity index (χ0n) is 9.52. The third kappa shape index (κ3) is 4.50. The fraction of sp³-hybridized carbons (Fsp3) is 0.182. The summed E-state index contributed by atoms with van der Waals surface area (Å²) in [4.78, 5) is 11.6. The fourth-order valence-electron chi connectivity index (χ4n) is 1.16. The van der Waals surface area contributed by atoms with E-state index >= 15 is 0 Å². The van der Waals surface area contributed by atoms with Crippen molar-refractivity contribution in [3.05, 3.63) is 42.5 Å². The van der Waals surface area contributed by atoms with Crippen molar-refractivity contribution in [2.24, 2.45) is 0 Å². The Morgan fingerprint density at radius 3 is 2.44 bits per heavy atom. The van der Waals surface area contributed by atoms with Crippen LogP contribution in [0.4, 0.5) is 5.69 Å². The van der Waals surface area contributed by atoms with Gasteiger partial charge >= 0.3 is 0 Å². The van der Waals surface area contributed by atoms with E-state index in [2.05, 4.69) is 32.5 Å². The van der Waals surface area contributed by atoms with Crippen molar-refractivity contribution >= 4 is 37.5 Å². The van der Waals surface area contributed by atoms with Gasteiger partial charge in [0.05, 0.1) is 0 Å². The van der Waals surface area contributed by atoms with Crippen LogP contribution in [0.1, 0.15) is 10.4 Å². The first-order valence-electron chi connectivity index (χ1n) is 5.04. The van der Waals surface area contributed by atoms with E-state index in [1.165, 1.54) is 12.1 Å². The molecule has 7 heteroatoms. The van der Waals surface area contributed by atoms with E-state index < -0.39 is 10.0 Å². The summed E-state index contributed by atoms with van der Waals surface area (Å²) in [5, 5.41) is 2.62. The van der Waals surface area contributed by atoms with Gasteiger partial charge < -0.3 is 5.32 Å². The van der Waals surface area contributed by atoms with Gasteiger partial charge in [0.25, 0.3) is 5.91 Å². The molecule has 1 aromatic carbocycles. The lowest BCUT2D eigenvalue weighted by Gasteiger charge is -2.06. The predicted octanol–water partition coefficient (Wildman–Crippen LogP) is 1.70. The van der Waals surface area contributed by atoms with Crippen molar-refractivity contribution in [3.8, 4) is 0 Å². The monoisotopic (exact) mass is 332 g/mol. The first-order valence-corrected chi connectivity index (χ1v) is 7.81. The van der Waals surface area contributed by atoms with Gasteiger partial charge in [0.1, 0.15) is 4.66 Å². The summed E-state index contributed by atoms with van der Waals surface area (Å²) in [7, 11) is -3.37. The van der Waals surface area contributed by atoms with E-state index in [0.29, 0.717) is 17.8 Å². The highest BCUT2D eigenvalue weighted by molar-refractivity contribution is 9.10. The van der Waals surface area contributed by atoms with E-state index in [0.717, 1.165) is 0 Å². The highest BCUT2D eigenvalue weighted by atomic mass is 79.9. The number of alkyl halides is 1. The van der Waals surface area contributed by atoms with Crippen molar-refractivity contribution in [2.45, 2.75) is 0 Å². The lowest BCUT2D eigenvalue weighted by atomic mass is 10.2. The molecule has 0 aliphatic rings. The molecular weight excluding hydrogens is 320 g/mol. The number of carbonyl (C=O) groups excluding carboxylic acids is 1. The second kappa shape index (κ2) is 6.55. The van der Waals surface area contributed by atoms with Gasteiger partial charge in [-0.15, -0.1) is 6.58 Å². The number of amides is 1. The average molecular weight is 333 g/mol. The zero-order valence-corrected chi connectivity index (χ0v) is 11.9. The molecule has 18 heavy (non-hydrogen) atoms. The molecule has 0 spiro atoms. The minimum absolute atomic E-state index is 0.179. The Morgan fingerprint density at radius 1 is 1.33 bits per heavy atom. The molecule has 0 radical (unpaired) electrons. The quantitative estimate of drug-likeness (QED) is 0.615. The van der Waals surface area contributed by atoms with Crippen LogP contribution in [0.3, 0.4) is 0 Å². The number of carbonyl (C=O) groups is 1. The van der Waals surface area contributed by atoms with Gasteiger partial charge in [-0.25, -0.2) is 8.42 Å². The highest BCUT2D eigenvalue weighted by Gasteiger charge is 2.08. The van der Waals surface area contributed by atoms with Crippen LogP contribution in [0, 0.1) is 0 Å². The molecule has 2 N–H and O–H groups in total. The standard InChI is InChI=1S/C11H13BrN2O3S/c1-2-7-13-11(15)9-3-5-10(6-4-9)14-18(16,17)8-12/h2-6,14H,1,7-8H2,(H,13,15). The van der Waals surface area contributed by atoms with Crippen molar-refractivity contribution in [1.82, 2.24) is 5.32 Å². The van der Waals surface area contributed by atoms with Crippen LogP contribution in [-0.4, -0.2) is 25.5 Å². The van der Waals surface area contributed by atoms with Crippen LogP contribution in [-0.2, 0) is 10.0 Å². The summed E-state index contributed by atoms with van der Waals surface area (Å²) in [5.74, 6) is -0.232. The molecule has 0 bridgehead atoms. The molecule has 0 fully saturated rings. The van der Waals surface area contributed by atoms with Crippen molar-refractivity contribution in [3.63, 3.8) is 0 Å². The molecule has 0 aliphatic heterocycles. The summed E-state index contributed by atoms with van der Waals surface area (Å²) in [6, 6.07) is 6.15. The third-order valence-corrected chi connectivity index (χ3v) is 4.61. The van der Waals surface area contributed by atoms with Crippen molar-refractivity contribution < 1.29 is 13.2 Å². The molecule has 0 unspecified atom stereocenters. The van der Waals surface area contributed by atoms with Gasteiger partial charge in [-0.05, 0) is 24.3 Å². The van der Waals surface area contributed by atoms with Crippen LogP contribution < -0.4 is 10.0 Å². The molecule has 1 rings (SSSR count). The Balaban J connectivity index is 2.74. The number of nitrogens with one attached hydrogen (secondary N) is 2. The third-order valence-electron chi connectivity index (χ3n) is 1.97. The molecule has 0 atom stereocenters. The molecule has 0 saturated heterocycles. The largest absolute Gasteiger partial charge is 0.349 e. The number of hydrogen-bond donors (Lipinski definition) is 2. The van der Waals surface area contributed by atoms with Crippen LogP contribution >= 0.6 is 15.9 Å². The van der Waals surface area contributed by atoms with E-state index in [1.807, 2.05) is 0 Å². The molecule has 0 saturated carbocycles. The first kappa shape index (κ1) is 14.7. The summed E-state index contributed by atoms with van der Waals surface area (Å²) >= 11 is 2.87. The molecule has 1 aromatic rings. The molecule has 1 amide bonds. The number of halogens is 1. The second-order valence-corrected chi connectivity index (χ2v) is 6.43. The smallest absolute Gasteiger partial charge is 0.251 e. The Hall–Kier alpha value is -1.34. The van der Waals surface area contributed by atoms with E-state index in [-0.39, 0.29) is 10.6 Å². The molecule has 0 heterocycles. The SMILES string of the molecule is C=CCNC(=O)c1ccc(NS(=O)(=O)CBr)cc1. The summed E-state index contributed by atoms with van der Waals surface area (Å²) < 4.78 is 24.7. The molecule has 98 valence electrons. The number of sulfonamides is 1. The summed E-state index contributed by atoms with van der Waals surface area (Å²) in [6.07, 6.45) is 1.58. The van der Waals surface area contributed by atoms with Crippen LogP contribution in [0.15, 0.2) is 36.9 Å². The van der Waals surface area contributed by atoms with Gasteiger partial charge in [0.2, 0.25) is 10.0 Å². The van der Waals surface area contributed by atoms with Gasteiger partial charge in [0.15, 0.2) is 0 Å². The Bertz CT molecular complexity index is 526. The topological polar surface area (TPSA) is 75.3 Å². The lowest BCUT2D eigenvalue weighted by Crippen LogP contribution is -2.23. The van der Waals surface area contributed by atoms with Gasteiger partial charge in [-0.1, -0.05) is 22.0 Å². The van der Waals surface area contributed by atoms with Crippen LogP contribution in [0.25, 0.3) is 0 Å². The van der Waals surface area contributed by atoms with Crippen LogP contribution in [0.2, 0.25) is 0 Å². The Morgan fingerprint density at radius 2 is 1.94 bits per heavy atom. The Kier molecular flexibility index (Phi) is 5.36. The summed E-state index contributed by atoms with van der Waals surface area (Å²) in [6.45, 7) is 3.88. The average Bonchev–Trinajstić information content (AvgIpc) is 2.36. The lowest BCUT2D eigenvalue weighted by molar-refractivity contribution is 0.0958. The second-order valence-electron chi connectivity index (χ2n) is 3.40. The minimum atomic E-state index is -3.37. The van der Waals surface area contributed by atoms with Crippen LogP contribution in [0.5, 0.6) is 0 Å². The van der Waals surface area contributed by atoms with Gasteiger partial charge in [-0.3, -0.25) is 9.52 Å². The summed E-state index contributed by atoms with van der Waals surface area (Å²) in [5.41, 5.74) is 0.869. The number of rotatable bonds is 6. The van der Waals surface area contributed by atoms with E-state index in [9.17, 15) is 13.2 Å². The molecule has 0 aliphatic carbocycles. The maximum absolute atomic E-state index is 11.6. The highest BCUT2D eigenvalue weighted by Crippen LogP contribution is 2.12. The normalized spacial score (nSPS) is 10.7. The predicted molar refractivity (Wildman–Crippen MR) is 75.3 cm³/mol. The Labute approximate surface area is 114 Å². The first-order chi connectivity index (χ1) is 8.48. The van der Waals surface area contributed by atoms with Crippen molar-refractivity contribution in [1.29, 1.82) is 0 Å². The van der Waals surface area contributed by atoms with E-state index in [1.54, 1.807) is 18.2 Å². The van der Waals surface area contributed by atoms with Gasteiger partial charge in [-0.2, -0.15) is 0 Å². The zero-order chi connectivity index (χ0) is 13.6. The number of hydrogen-bond acceptors (Lipinski definition) is 3. The molecule has 0 aromatic heterocycles. The molecular formula is C11H13BrN2O3S. The number of anilines is 1. The van der Waals surface area contributed by atoms with Crippen molar-refractivity contribution in [2.75, 3.05) is 15.9 Å². The fourth-order valence-corrected chi connectivity index (χ4v) is 2.06.